The predicted molar refractivity (Wildman–Crippen MR) is 127 cm³/mol. The van der Waals surface area contributed by atoms with Gasteiger partial charge in [0.05, 0.1) is 23.4 Å². The van der Waals surface area contributed by atoms with E-state index in [9.17, 15) is 22.7 Å². The zero-order chi connectivity index (χ0) is 25.7. The highest BCUT2D eigenvalue weighted by Crippen LogP contribution is 2.40. The molecule has 36 heavy (non-hydrogen) atoms. The highest BCUT2D eigenvalue weighted by Gasteiger charge is 2.31. The fourth-order valence-corrected chi connectivity index (χ4v) is 3.85. The van der Waals surface area contributed by atoms with Crippen molar-refractivity contribution in [2.45, 2.75) is 25.1 Å². The van der Waals surface area contributed by atoms with E-state index in [2.05, 4.69) is 15.2 Å². The Balaban J connectivity index is 1.85. The van der Waals surface area contributed by atoms with Gasteiger partial charge in [0, 0.05) is 24.4 Å². The van der Waals surface area contributed by atoms with Crippen molar-refractivity contribution >= 4 is 22.0 Å². The van der Waals surface area contributed by atoms with Gasteiger partial charge < -0.3 is 14.9 Å². The van der Waals surface area contributed by atoms with Crippen LogP contribution in [0.4, 0.5) is 17.6 Å². The number of hydrogen-bond donors (Lipinski definition) is 3. The summed E-state index contributed by atoms with van der Waals surface area (Å²) in [6, 6.07) is 15.8. The van der Waals surface area contributed by atoms with Crippen molar-refractivity contribution < 1.29 is 32.5 Å². The van der Waals surface area contributed by atoms with Gasteiger partial charge >= 0.3 is 6.18 Å². The molecule has 0 saturated carbocycles. The maximum atomic E-state index is 14.3. The van der Waals surface area contributed by atoms with E-state index in [4.69, 9.17) is 9.84 Å². The van der Waals surface area contributed by atoms with Gasteiger partial charge in [-0.3, -0.25) is 5.10 Å². The highest BCUT2D eigenvalue weighted by atomic mass is 19.4. The number of ether oxygens (including phenoxy) is 1. The van der Waals surface area contributed by atoms with Crippen LogP contribution in [0.25, 0.3) is 22.0 Å². The van der Waals surface area contributed by atoms with Crippen LogP contribution in [0.5, 0.6) is 5.88 Å². The quantitative estimate of drug-likeness (QED) is 0.219. The van der Waals surface area contributed by atoms with Crippen LogP contribution in [0.1, 0.15) is 29.5 Å². The first-order valence-corrected chi connectivity index (χ1v) is 11.1. The second-order valence-corrected chi connectivity index (χ2v) is 8.14. The van der Waals surface area contributed by atoms with Gasteiger partial charge in [-0.1, -0.05) is 36.4 Å². The van der Waals surface area contributed by atoms with Gasteiger partial charge in [-0.15, -0.1) is 0 Å². The average molecular weight is 501 g/mol. The molecule has 4 rings (SSSR count). The number of nitrogens with one attached hydrogen (secondary N) is 1. The van der Waals surface area contributed by atoms with E-state index in [1.54, 1.807) is 42.5 Å². The molecule has 0 spiro atoms. The number of halogens is 4. The number of aliphatic hydroxyl groups excluding tert-OH is 2. The number of alkyl halides is 3. The van der Waals surface area contributed by atoms with Crippen LogP contribution in [0.2, 0.25) is 0 Å². The van der Waals surface area contributed by atoms with Crippen LogP contribution in [0.3, 0.4) is 0 Å². The van der Waals surface area contributed by atoms with Gasteiger partial charge in [-0.25, -0.2) is 4.98 Å². The topological polar surface area (TPSA) is 91.3 Å². The summed E-state index contributed by atoms with van der Waals surface area (Å²) in [5.41, 5.74) is 1.67. The number of aromatic amines is 1. The normalized spacial score (nSPS) is 13.5. The minimum atomic E-state index is -4.51. The lowest BCUT2D eigenvalue weighted by Crippen LogP contribution is -2.19. The monoisotopic (exact) mass is 501 g/mol. The SMILES string of the molecule is OCC[C@H](O)COc1ccc(/C(=C(/CC(F)(F)F)c2ccccc2)c2ccc3n[nH]c(F)c3c2)cn1. The molecule has 0 unspecified atom stereocenters. The Hall–Kier alpha value is -3.76. The summed E-state index contributed by atoms with van der Waals surface area (Å²) >= 11 is 0. The summed E-state index contributed by atoms with van der Waals surface area (Å²) in [7, 11) is 0. The molecule has 0 radical (unpaired) electrons. The fourth-order valence-electron chi connectivity index (χ4n) is 3.85. The summed E-state index contributed by atoms with van der Waals surface area (Å²) in [6.07, 6.45) is -5.11. The van der Waals surface area contributed by atoms with E-state index in [1.807, 2.05) is 0 Å². The van der Waals surface area contributed by atoms with Crippen molar-refractivity contribution in [3.63, 3.8) is 0 Å². The van der Waals surface area contributed by atoms with Crippen LogP contribution in [-0.2, 0) is 0 Å². The third-order valence-corrected chi connectivity index (χ3v) is 5.51. The number of pyridine rings is 1. The van der Waals surface area contributed by atoms with E-state index >= 15 is 0 Å². The summed E-state index contributed by atoms with van der Waals surface area (Å²) < 4.78 is 61.0. The minimum Gasteiger partial charge on any atom is -0.475 e. The lowest BCUT2D eigenvalue weighted by molar-refractivity contribution is -0.122. The van der Waals surface area contributed by atoms with Gasteiger partial charge in [0.2, 0.25) is 11.8 Å². The van der Waals surface area contributed by atoms with E-state index in [-0.39, 0.29) is 42.0 Å². The molecule has 0 aliphatic heterocycles. The summed E-state index contributed by atoms with van der Waals surface area (Å²) in [6.45, 7) is -0.302. The number of benzene rings is 2. The number of hydrogen-bond acceptors (Lipinski definition) is 5. The molecule has 0 aliphatic rings. The smallest absolute Gasteiger partial charge is 0.393 e. The summed E-state index contributed by atoms with van der Waals surface area (Å²) in [5.74, 6) is -0.532. The predicted octanol–water partition coefficient (Wildman–Crippen LogP) is 5.13. The Morgan fingerprint density at radius 2 is 1.75 bits per heavy atom. The number of H-pyrrole nitrogens is 1. The molecule has 1 atom stereocenters. The van der Waals surface area contributed by atoms with Crippen LogP contribution in [0, 0.1) is 5.95 Å². The summed E-state index contributed by atoms with van der Waals surface area (Å²) in [5, 5.41) is 24.9. The highest BCUT2D eigenvalue weighted by molar-refractivity contribution is 6.00. The molecule has 0 amide bonds. The molecule has 0 saturated heterocycles. The molecule has 2 aromatic carbocycles. The number of rotatable bonds is 9. The molecule has 2 heterocycles. The molecule has 4 aromatic rings. The van der Waals surface area contributed by atoms with Crippen LogP contribution in [0.15, 0.2) is 66.9 Å². The summed E-state index contributed by atoms with van der Waals surface area (Å²) in [4.78, 5) is 4.20. The van der Waals surface area contributed by atoms with Crippen LogP contribution < -0.4 is 4.74 Å². The van der Waals surface area contributed by atoms with E-state index < -0.39 is 24.6 Å². The Kier molecular flexibility index (Phi) is 7.66. The number of nitrogens with zero attached hydrogens (tertiary/aromatic N) is 2. The molecular weight excluding hydrogens is 478 g/mol. The Morgan fingerprint density at radius 1 is 1.00 bits per heavy atom. The van der Waals surface area contributed by atoms with Gasteiger partial charge in [0.1, 0.15) is 6.61 Å². The first-order valence-electron chi connectivity index (χ1n) is 11.1. The van der Waals surface area contributed by atoms with Crippen molar-refractivity contribution in [3.8, 4) is 5.88 Å². The molecular formula is C26H23F4N3O3. The maximum absolute atomic E-state index is 14.3. The molecule has 6 nitrogen and oxygen atoms in total. The van der Waals surface area contributed by atoms with Crippen molar-refractivity contribution in [2.75, 3.05) is 13.2 Å². The van der Waals surface area contributed by atoms with E-state index in [0.717, 1.165) is 0 Å². The molecule has 0 fully saturated rings. The molecule has 188 valence electrons. The van der Waals surface area contributed by atoms with Crippen molar-refractivity contribution in [2.24, 2.45) is 0 Å². The van der Waals surface area contributed by atoms with Crippen molar-refractivity contribution in [1.82, 2.24) is 15.2 Å². The van der Waals surface area contributed by atoms with Crippen molar-refractivity contribution in [3.05, 3.63) is 89.5 Å². The zero-order valence-electron chi connectivity index (χ0n) is 19.0. The zero-order valence-corrected chi connectivity index (χ0v) is 19.0. The number of aromatic nitrogens is 3. The fraction of sp³-hybridized carbons (Fsp3) is 0.231. The molecule has 10 heteroatoms. The van der Waals surface area contributed by atoms with Crippen molar-refractivity contribution in [1.29, 1.82) is 0 Å². The Bertz CT molecular complexity index is 1340. The van der Waals surface area contributed by atoms with Gasteiger partial charge in [-0.05, 0) is 46.9 Å². The molecule has 0 aliphatic carbocycles. The third-order valence-electron chi connectivity index (χ3n) is 5.51. The minimum absolute atomic E-state index is 0.000175. The largest absolute Gasteiger partial charge is 0.475 e. The number of aliphatic hydroxyl groups is 2. The second-order valence-electron chi connectivity index (χ2n) is 8.14. The average Bonchev–Trinajstić information content (AvgIpc) is 3.23. The second kappa shape index (κ2) is 10.9. The molecule has 3 N–H and O–H groups in total. The first-order chi connectivity index (χ1) is 17.2. The first kappa shape index (κ1) is 25.3. The lowest BCUT2D eigenvalue weighted by atomic mass is 9.88. The number of allylic oxidation sites excluding steroid dienone is 1. The van der Waals surface area contributed by atoms with E-state index in [1.165, 1.54) is 24.4 Å². The molecule has 2 aromatic heterocycles. The van der Waals surface area contributed by atoms with Crippen LogP contribution >= 0.6 is 0 Å². The van der Waals surface area contributed by atoms with E-state index in [0.29, 0.717) is 22.2 Å². The van der Waals surface area contributed by atoms with Gasteiger partial charge in [-0.2, -0.15) is 22.7 Å². The lowest BCUT2D eigenvalue weighted by Gasteiger charge is -2.19. The van der Waals surface area contributed by atoms with Gasteiger partial charge in [0.15, 0.2) is 0 Å². The maximum Gasteiger partial charge on any atom is 0.393 e. The number of fused-ring (bicyclic) bond motifs is 1. The third kappa shape index (κ3) is 6.07. The van der Waals surface area contributed by atoms with Gasteiger partial charge in [0.25, 0.3) is 0 Å². The Morgan fingerprint density at radius 3 is 2.42 bits per heavy atom. The molecule has 0 bridgehead atoms. The standard InChI is InChI=1S/C26H23F4N3O3/c27-25-20-12-17(6-8-22(20)32-33-25)24(21(13-26(28,29)30)16-4-2-1-3-5-16)18-7-9-23(31-14-18)36-15-19(35)10-11-34/h1-9,12,14,19,34-35H,10-11,13,15H2,(H,32,33)/b24-21-/t19-/m0/s1. The van der Waals surface area contributed by atoms with Crippen LogP contribution in [-0.4, -0.2) is 50.9 Å². The Labute approximate surface area is 203 Å².